The van der Waals surface area contributed by atoms with Gasteiger partial charge in [-0.3, -0.25) is 0 Å². The first kappa shape index (κ1) is 12.1. The largest absolute Gasteiger partial charge is 0.310 e. The fraction of sp³-hybridized carbons (Fsp3) is 0.571. The molecule has 17 heavy (non-hydrogen) atoms. The Balaban J connectivity index is 1.86. The van der Waals surface area contributed by atoms with E-state index in [0.29, 0.717) is 11.7 Å². The van der Waals surface area contributed by atoms with Gasteiger partial charge in [-0.25, -0.2) is 4.98 Å². The smallest absolute Gasteiger partial charge is 0.140 e. The molecule has 1 saturated carbocycles. The van der Waals surface area contributed by atoms with Crippen molar-refractivity contribution in [2.24, 2.45) is 0 Å². The average molecular weight is 229 g/mol. The molecule has 3 nitrogen and oxygen atoms in total. The maximum absolute atomic E-state index is 8.78. The first-order valence-corrected chi connectivity index (χ1v) is 6.47. The van der Waals surface area contributed by atoms with Gasteiger partial charge in [0.1, 0.15) is 11.8 Å². The third-order valence-corrected chi connectivity index (χ3v) is 3.39. The van der Waals surface area contributed by atoms with Gasteiger partial charge in [0.2, 0.25) is 0 Å². The minimum absolute atomic E-state index is 0.505. The second kappa shape index (κ2) is 6.36. The van der Waals surface area contributed by atoms with Crippen LogP contribution in [0.4, 0.5) is 0 Å². The lowest BCUT2D eigenvalue weighted by atomic mass is 10.1. The lowest BCUT2D eigenvalue weighted by Gasteiger charge is -2.16. The summed E-state index contributed by atoms with van der Waals surface area (Å²) < 4.78 is 0. The van der Waals surface area contributed by atoms with Crippen molar-refractivity contribution in [2.45, 2.75) is 51.1 Å². The van der Waals surface area contributed by atoms with E-state index in [1.54, 1.807) is 6.20 Å². The van der Waals surface area contributed by atoms with Gasteiger partial charge in [-0.15, -0.1) is 0 Å². The SMILES string of the molecule is N#Cc1cc(CNC2CCCCCC2)ccn1. The third-order valence-electron chi connectivity index (χ3n) is 3.39. The van der Waals surface area contributed by atoms with E-state index in [-0.39, 0.29) is 0 Å². The fourth-order valence-electron chi connectivity index (χ4n) is 2.39. The Labute approximate surface area is 103 Å². The van der Waals surface area contributed by atoms with Crippen LogP contribution in [-0.2, 0) is 6.54 Å². The zero-order valence-corrected chi connectivity index (χ0v) is 10.2. The van der Waals surface area contributed by atoms with E-state index in [4.69, 9.17) is 5.26 Å². The molecule has 0 amide bonds. The molecule has 0 saturated heterocycles. The van der Waals surface area contributed by atoms with Gasteiger partial charge in [-0.05, 0) is 30.5 Å². The molecule has 1 heterocycles. The van der Waals surface area contributed by atoms with Crippen molar-refractivity contribution in [3.8, 4) is 6.07 Å². The molecule has 0 aromatic carbocycles. The number of rotatable bonds is 3. The number of nitriles is 1. The van der Waals surface area contributed by atoms with Crippen LogP contribution in [0.3, 0.4) is 0 Å². The highest BCUT2D eigenvalue weighted by molar-refractivity contribution is 5.25. The molecule has 90 valence electrons. The van der Waals surface area contributed by atoms with E-state index in [9.17, 15) is 0 Å². The molecule has 1 aliphatic rings. The highest BCUT2D eigenvalue weighted by Crippen LogP contribution is 2.17. The second-order valence-electron chi connectivity index (χ2n) is 4.73. The number of aromatic nitrogens is 1. The van der Waals surface area contributed by atoms with Crippen molar-refractivity contribution in [3.63, 3.8) is 0 Å². The summed E-state index contributed by atoms with van der Waals surface area (Å²) >= 11 is 0. The van der Waals surface area contributed by atoms with Crippen molar-refractivity contribution >= 4 is 0 Å². The molecule has 1 aliphatic carbocycles. The monoisotopic (exact) mass is 229 g/mol. The zero-order chi connectivity index (χ0) is 11.9. The van der Waals surface area contributed by atoms with E-state index in [2.05, 4.69) is 16.4 Å². The molecule has 0 atom stereocenters. The topological polar surface area (TPSA) is 48.7 Å². The van der Waals surface area contributed by atoms with Gasteiger partial charge in [-0.2, -0.15) is 5.26 Å². The number of nitrogens with zero attached hydrogens (tertiary/aromatic N) is 2. The van der Waals surface area contributed by atoms with Crippen LogP contribution >= 0.6 is 0 Å². The number of hydrogen-bond donors (Lipinski definition) is 1. The molecule has 0 spiro atoms. The van der Waals surface area contributed by atoms with Gasteiger partial charge in [0.15, 0.2) is 0 Å². The fourth-order valence-corrected chi connectivity index (χ4v) is 2.39. The lowest BCUT2D eigenvalue weighted by Crippen LogP contribution is -2.27. The van der Waals surface area contributed by atoms with Crippen LogP contribution in [0.5, 0.6) is 0 Å². The van der Waals surface area contributed by atoms with Crippen molar-refractivity contribution in [2.75, 3.05) is 0 Å². The van der Waals surface area contributed by atoms with Crippen LogP contribution < -0.4 is 5.32 Å². The molecule has 0 radical (unpaired) electrons. The molecule has 1 aromatic heterocycles. The minimum Gasteiger partial charge on any atom is -0.310 e. The third kappa shape index (κ3) is 3.83. The number of pyridine rings is 1. The molecule has 3 heteroatoms. The summed E-state index contributed by atoms with van der Waals surface area (Å²) in [6, 6.07) is 6.57. The Morgan fingerprint density at radius 3 is 2.76 bits per heavy atom. The molecule has 1 N–H and O–H groups in total. The van der Waals surface area contributed by atoms with E-state index in [1.807, 2.05) is 12.1 Å². The van der Waals surface area contributed by atoms with Crippen molar-refractivity contribution < 1.29 is 0 Å². The summed E-state index contributed by atoms with van der Waals surface area (Å²) in [6.45, 7) is 0.849. The van der Waals surface area contributed by atoms with E-state index < -0.39 is 0 Å². The average Bonchev–Trinajstić information content (AvgIpc) is 2.65. The standard InChI is InChI=1S/C14H19N3/c15-10-14-9-12(7-8-16-14)11-17-13-5-3-1-2-4-6-13/h7-9,13,17H,1-6,11H2. The van der Waals surface area contributed by atoms with Crippen molar-refractivity contribution in [1.29, 1.82) is 5.26 Å². The molecule has 1 fully saturated rings. The molecular weight excluding hydrogens is 210 g/mol. The highest BCUT2D eigenvalue weighted by atomic mass is 14.9. The zero-order valence-electron chi connectivity index (χ0n) is 10.2. The first-order chi connectivity index (χ1) is 8.38. The highest BCUT2D eigenvalue weighted by Gasteiger charge is 2.11. The summed E-state index contributed by atoms with van der Waals surface area (Å²) in [6.07, 6.45) is 9.74. The molecule has 2 rings (SSSR count). The summed E-state index contributed by atoms with van der Waals surface area (Å²) in [4.78, 5) is 3.98. The van der Waals surface area contributed by atoms with E-state index >= 15 is 0 Å². The summed E-state index contributed by atoms with van der Waals surface area (Å²) in [5.74, 6) is 0. The molecule has 1 aromatic rings. The second-order valence-corrected chi connectivity index (χ2v) is 4.73. The Kier molecular flexibility index (Phi) is 4.52. The maximum Gasteiger partial charge on any atom is 0.140 e. The Morgan fingerprint density at radius 2 is 2.06 bits per heavy atom. The van der Waals surface area contributed by atoms with Crippen LogP contribution in [0.2, 0.25) is 0 Å². The maximum atomic E-state index is 8.78. The first-order valence-electron chi connectivity index (χ1n) is 6.47. The van der Waals surface area contributed by atoms with Crippen molar-refractivity contribution in [3.05, 3.63) is 29.6 Å². The summed E-state index contributed by atoms with van der Waals surface area (Å²) in [5.41, 5.74) is 1.66. The van der Waals surface area contributed by atoms with Gasteiger partial charge in [0, 0.05) is 18.8 Å². The molecule has 0 unspecified atom stereocenters. The molecule has 0 bridgehead atoms. The Bertz CT molecular complexity index is 387. The predicted molar refractivity (Wildman–Crippen MR) is 67.3 cm³/mol. The van der Waals surface area contributed by atoms with Crippen LogP contribution in [0, 0.1) is 11.3 Å². The number of nitrogens with one attached hydrogen (secondary N) is 1. The quantitative estimate of drug-likeness (QED) is 0.811. The summed E-state index contributed by atoms with van der Waals surface area (Å²) in [7, 11) is 0. The van der Waals surface area contributed by atoms with Crippen molar-refractivity contribution in [1.82, 2.24) is 10.3 Å². The van der Waals surface area contributed by atoms with E-state index in [1.165, 1.54) is 38.5 Å². The summed E-state index contributed by atoms with van der Waals surface area (Å²) in [5, 5.41) is 12.4. The van der Waals surface area contributed by atoms with Gasteiger partial charge in [0.25, 0.3) is 0 Å². The van der Waals surface area contributed by atoms with Gasteiger partial charge < -0.3 is 5.32 Å². The van der Waals surface area contributed by atoms with Gasteiger partial charge in [-0.1, -0.05) is 25.7 Å². The van der Waals surface area contributed by atoms with Crippen LogP contribution in [-0.4, -0.2) is 11.0 Å². The number of hydrogen-bond acceptors (Lipinski definition) is 3. The van der Waals surface area contributed by atoms with E-state index in [0.717, 1.165) is 12.1 Å². The van der Waals surface area contributed by atoms with Crippen LogP contribution in [0.1, 0.15) is 49.8 Å². The van der Waals surface area contributed by atoms with Gasteiger partial charge in [0.05, 0.1) is 0 Å². The minimum atomic E-state index is 0.505. The molecular formula is C14H19N3. The van der Waals surface area contributed by atoms with Gasteiger partial charge >= 0.3 is 0 Å². The molecule has 0 aliphatic heterocycles. The van der Waals surface area contributed by atoms with Crippen LogP contribution in [0.25, 0.3) is 0 Å². The van der Waals surface area contributed by atoms with Crippen LogP contribution in [0.15, 0.2) is 18.3 Å². The Hall–Kier alpha value is -1.40. The normalized spacial score (nSPS) is 17.4. The Morgan fingerprint density at radius 1 is 1.29 bits per heavy atom. The lowest BCUT2D eigenvalue weighted by molar-refractivity contribution is 0.459. The predicted octanol–water partition coefficient (Wildman–Crippen LogP) is 2.77.